The highest BCUT2D eigenvalue weighted by Gasteiger charge is 2.41. The molecular weight excluding hydrogens is 266 g/mol. The van der Waals surface area contributed by atoms with E-state index in [-0.39, 0.29) is 24.5 Å². The van der Waals surface area contributed by atoms with Gasteiger partial charge >= 0.3 is 0 Å². The van der Waals surface area contributed by atoms with Gasteiger partial charge in [-0.25, -0.2) is 0 Å². The minimum absolute atomic E-state index is 0.00668. The molecule has 1 amide bonds. The molecule has 0 unspecified atom stereocenters. The molecule has 2 rings (SSSR count). The van der Waals surface area contributed by atoms with Gasteiger partial charge in [0.1, 0.15) is 6.61 Å². The third-order valence-electron chi connectivity index (χ3n) is 3.40. The molecule has 0 atom stereocenters. The SMILES string of the molecule is O=C(COCc1ccccc1Cl)NCC1(CO)CC1. The number of benzene rings is 1. The minimum atomic E-state index is -0.160. The largest absolute Gasteiger partial charge is 0.396 e. The Hall–Kier alpha value is -1.10. The summed E-state index contributed by atoms with van der Waals surface area (Å²) in [5.41, 5.74) is 0.796. The monoisotopic (exact) mass is 283 g/mol. The fourth-order valence-electron chi connectivity index (χ4n) is 1.77. The van der Waals surface area contributed by atoms with Crippen molar-refractivity contribution in [3.8, 4) is 0 Å². The van der Waals surface area contributed by atoms with E-state index in [4.69, 9.17) is 21.4 Å². The summed E-state index contributed by atoms with van der Waals surface area (Å²) < 4.78 is 5.32. The summed E-state index contributed by atoms with van der Waals surface area (Å²) in [5.74, 6) is -0.160. The van der Waals surface area contributed by atoms with Crippen LogP contribution in [0.2, 0.25) is 5.02 Å². The van der Waals surface area contributed by atoms with Crippen LogP contribution < -0.4 is 5.32 Å². The molecule has 1 aliphatic carbocycles. The van der Waals surface area contributed by atoms with Gasteiger partial charge in [0.25, 0.3) is 0 Å². The van der Waals surface area contributed by atoms with Gasteiger partial charge in [0, 0.05) is 17.0 Å². The summed E-state index contributed by atoms with van der Waals surface area (Å²) in [6, 6.07) is 7.38. The second-order valence-corrected chi connectivity index (χ2v) is 5.43. The number of amides is 1. The first-order valence-electron chi connectivity index (χ1n) is 6.34. The van der Waals surface area contributed by atoms with E-state index in [0.717, 1.165) is 18.4 Å². The Morgan fingerprint density at radius 3 is 2.79 bits per heavy atom. The van der Waals surface area contributed by atoms with E-state index in [0.29, 0.717) is 18.2 Å². The van der Waals surface area contributed by atoms with Crippen molar-refractivity contribution >= 4 is 17.5 Å². The second kappa shape index (κ2) is 6.37. The highest BCUT2D eigenvalue weighted by atomic mass is 35.5. The van der Waals surface area contributed by atoms with Gasteiger partial charge < -0.3 is 15.2 Å². The number of ether oxygens (including phenoxy) is 1. The maximum atomic E-state index is 11.6. The molecule has 0 saturated heterocycles. The van der Waals surface area contributed by atoms with E-state index in [1.807, 2.05) is 18.2 Å². The van der Waals surface area contributed by atoms with E-state index >= 15 is 0 Å². The van der Waals surface area contributed by atoms with Crippen molar-refractivity contribution in [3.05, 3.63) is 34.9 Å². The molecule has 0 radical (unpaired) electrons. The smallest absolute Gasteiger partial charge is 0.246 e. The molecule has 104 valence electrons. The van der Waals surface area contributed by atoms with Crippen LogP contribution in [0, 0.1) is 5.41 Å². The summed E-state index contributed by atoms with van der Waals surface area (Å²) in [7, 11) is 0. The minimum Gasteiger partial charge on any atom is -0.396 e. The number of halogens is 1. The first-order chi connectivity index (χ1) is 9.15. The van der Waals surface area contributed by atoms with Crippen molar-refractivity contribution in [2.45, 2.75) is 19.4 Å². The normalized spacial score (nSPS) is 16.1. The van der Waals surface area contributed by atoms with Crippen molar-refractivity contribution in [3.63, 3.8) is 0 Å². The molecule has 2 N–H and O–H groups in total. The zero-order valence-electron chi connectivity index (χ0n) is 10.7. The molecule has 1 aliphatic rings. The Balaban J connectivity index is 1.65. The van der Waals surface area contributed by atoms with Crippen LogP contribution in [-0.2, 0) is 16.1 Å². The molecule has 1 aromatic rings. The van der Waals surface area contributed by atoms with E-state index in [1.165, 1.54) is 0 Å². The van der Waals surface area contributed by atoms with Crippen LogP contribution in [-0.4, -0.2) is 30.8 Å². The van der Waals surface area contributed by atoms with Gasteiger partial charge in [-0.15, -0.1) is 0 Å². The molecule has 0 aliphatic heterocycles. The van der Waals surface area contributed by atoms with E-state index in [2.05, 4.69) is 5.32 Å². The summed E-state index contributed by atoms with van der Waals surface area (Å²) >= 11 is 5.98. The predicted molar refractivity (Wildman–Crippen MR) is 72.9 cm³/mol. The maximum absolute atomic E-state index is 11.6. The molecule has 1 saturated carbocycles. The number of hydrogen-bond acceptors (Lipinski definition) is 3. The summed E-state index contributed by atoms with van der Waals surface area (Å²) in [6.07, 6.45) is 1.95. The maximum Gasteiger partial charge on any atom is 0.246 e. The molecular formula is C14H18ClNO3. The molecule has 0 spiro atoms. The Morgan fingerprint density at radius 2 is 2.16 bits per heavy atom. The third kappa shape index (κ3) is 4.20. The Morgan fingerprint density at radius 1 is 1.42 bits per heavy atom. The highest BCUT2D eigenvalue weighted by molar-refractivity contribution is 6.31. The molecule has 1 fully saturated rings. The van der Waals surface area contributed by atoms with Crippen LogP contribution in [0.4, 0.5) is 0 Å². The molecule has 1 aromatic carbocycles. The predicted octanol–water partition coefficient (Wildman–Crippen LogP) is 1.75. The van der Waals surface area contributed by atoms with E-state index < -0.39 is 0 Å². The van der Waals surface area contributed by atoms with Crippen LogP contribution >= 0.6 is 11.6 Å². The zero-order chi connectivity index (χ0) is 13.7. The van der Waals surface area contributed by atoms with Gasteiger partial charge in [-0.3, -0.25) is 4.79 Å². The molecule has 0 heterocycles. The lowest BCUT2D eigenvalue weighted by atomic mass is 10.1. The summed E-state index contributed by atoms with van der Waals surface area (Å²) in [6.45, 7) is 0.983. The van der Waals surface area contributed by atoms with Gasteiger partial charge in [-0.05, 0) is 24.5 Å². The van der Waals surface area contributed by atoms with Crippen LogP contribution in [0.15, 0.2) is 24.3 Å². The fraction of sp³-hybridized carbons (Fsp3) is 0.500. The van der Waals surface area contributed by atoms with Crippen molar-refractivity contribution in [2.75, 3.05) is 19.8 Å². The Kier molecular flexibility index (Phi) is 4.80. The van der Waals surface area contributed by atoms with Crippen LogP contribution in [0.1, 0.15) is 18.4 Å². The van der Waals surface area contributed by atoms with Crippen LogP contribution in [0.25, 0.3) is 0 Å². The Labute approximate surface area is 117 Å². The van der Waals surface area contributed by atoms with Gasteiger partial charge in [-0.1, -0.05) is 29.8 Å². The number of aliphatic hydroxyl groups is 1. The topological polar surface area (TPSA) is 58.6 Å². The summed E-state index contributed by atoms with van der Waals surface area (Å²) in [5, 5.41) is 12.5. The van der Waals surface area contributed by atoms with Crippen LogP contribution in [0.5, 0.6) is 0 Å². The first-order valence-corrected chi connectivity index (χ1v) is 6.72. The van der Waals surface area contributed by atoms with Gasteiger partial charge in [-0.2, -0.15) is 0 Å². The number of carbonyl (C=O) groups excluding carboxylic acids is 1. The number of aliphatic hydroxyl groups excluding tert-OH is 1. The third-order valence-corrected chi connectivity index (χ3v) is 3.77. The average Bonchev–Trinajstić information content (AvgIpc) is 3.19. The number of hydrogen-bond donors (Lipinski definition) is 2. The van der Waals surface area contributed by atoms with Crippen LogP contribution in [0.3, 0.4) is 0 Å². The Bertz CT molecular complexity index is 446. The number of carbonyl (C=O) groups is 1. The van der Waals surface area contributed by atoms with Gasteiger partial charge in [0.15, 0.2) is 0 Å². The average molecular weight is 284 g/mol. The lowest BCUT2D eigenvalue weighted by Gasteiger charge is -2.12. The standard InChI is InChI=1S/C14H18ClNO3/c15-12-4-2-1-3-11(12)7-19-8-13(18)16-9-14(10-17)5-6-14/h1-4,17H,5-10H2,(H,16,18). The van der Waals surface area contributed by atoms with Crippen molar-refractivity contribution in [1.82, 2.24) is 5.32 Å². The summed E-state index contributed by atoms with van der Waals surface area (Å²) in [4.78, 5) is 11.6. The lowest BCUT2D eigenvalue weighted by molar-refractivity contribution is -0.126. The number of nitrogens with one attached hydrogen (secondary N) is 1. The van der Waals surface area contributed by atoms with Crippen molar-refractivity contribution in [1.29, 1.82) is 0 Å². The number of rotatable bonds is 7. The molecule has 19 heavy (non-hydrogen) atoms. The lowest BCUT2D eigenvalue weighted by Crippen LogP contribution is -2.34. The quantitative estimate of drug-likeness (QED) is 0.801. The molecule has 5 heteroatoms. The second-order valence-electron chi connectivity index (χ2n) is 5.02. The zero-order valence-corrected chi connectivity index (χ0v) is 11.4. The fourth-order valence-corrected chi connectivity index (χ4v) is 1.96. The van der Waals surface area contributed by atoms with E-state index in [1.54, 1.807) is 6.07 Å². The molecule has 0 aromatic heterocycles. The van der Waals surface area contributed by atoms with Gasteiger partial charge in [0.2, 0.25) is 5.91 Å². The highest BCUT2D eigenvalue weighted by Crippen LogP contribution is 2.44. The molecule has 0 bridgehead atoms. The first kappa shape index (κ1) is 14.3. The van der Waals surface area contributed by atoms with E-state index in [9.17, 15) is 4.79 Å². The van der Waals surface area contributed by atoms with Crippen molar-refractivity contribution < 1.29 is 14.6 Å². The molecule has 4 nitrogen and oxygen atoms in total. The van der Waals surface area contributed by atoms with Crippen molar-refractivity contribution in [2.24, 2.45) is 5.41 Å². The van der Waals surface area contributed by atoms with Gasteiger partial charge in [0.05, 0.1) is 13.2 Å².